The van der Waals surface area contributed by atoms with Crippen LogP contribution in [-0.2, 0) is 16.6 Å². The highest BCUT2D eigenvalue weighted by Crippen LogP contribution is 2.31. The molecule has 1 N–H and O–H groups in total. The van der Waals surface area contributed by atoms with Gasteiger partial charge in [-0.3, -0.25) is 9.89 Å². The lowest BCUT2D eigenvalue weighted by atomic mass is 9.83. The number of hydrogen-bond donors (Lipinski definition) is 1. The maximum atomic E-state index is 11.9. The molecule has 2 aliphatic heterocycles. The molecule has 0 spiro atoms. The van der Waals surface area contributed by atoms with Crippen LogP contribution in [0.1, 0.15) is 38.2 Å². The van der Waals surface area contributed by atoms with E-state index >= 15 is 0 Å². The van der Waals surface area contributed by atoms with E-state index < -0.39 is 10.0 Å². The summed E-state index contributed by atoms with van der Waals surface area (Å²) in [5.74, 6) is 1.76. The minimum atomic E-state index is -3.11. The summed E-state index contributed by atoms with van der Waals surface area (Å²) in [6, 6.07) is 11.5. The van der Waals surface area contributed by atoms with Crippen LogP contribution < -0.4 is 5.32 Å². The van der Waals surface area contributed by atoms with E-state index in [0.717, 1.165) is 45.0 Å². The number of sulfonamides is 1. The molecule has 174 valence electrons. The van der Waals surface area contributed by atoms with Gasteiger partial charge >= 0.3 is 0 Å². The monoisotopic (exact) mass is 449 g/mol. The van der Waals surface area contributed by atoms with Crippen LogP contribution in [0.5, 0.6) is 0 Å². The minimum Gasteiger partial charge on any atom is -0.356 e. The van der Waals surface area contributed by atoms with Gasteiger partial charge in [0.05, 0.1) is 5.75 Å². The summed E-state index contributed by atoms with van der Waals surface area (Å²) in [6.07, 6.45) is 4.46. The molecule has 7 nitrogen and oxygen atoms in total. The third-order valence-electron chi connectivity index (χ3n) is 6.70. The van der Waals surface area contributed by atoms with Gasteiger partial charge in [0, 0.05) is 52.9 Å². The Morgan fingerprint density at radius 1 is 1.23 bits per heavy atom. The number of nitrogens with zero attached hydrogens (tertiary/aromatic N) is 4. The van der Waals surface area contributed by atoms with Crippen LogP contribution in [0.25, 0.3) is 0 Å². The van der Waals surface area contributed by atoms with Gasteiger partial charge in [-0.2, -0.15) is 0 Å². The van der Waals surface area contributed by atoms with Gasteiger partial charge in [-0.05, 0) is 50.6 Å². The Labute approximate surface area is 188 Å². The zero-order valence-electron chi connectivity index (χ0n) is 19.3. The van der Waals surface area contributed by atoms with Crippen molar-refractivity contribution < 1.29 is 8.42 Å². The number of aliphatic imine (C=N–C) groups is 1. The lowest BCUT2D eigenvalue weighted by Crippen LogP contribution is -2.56. The maximum absolute atomic E-state index is 11.9. The van der Waals surface area contributed by atoms with Crippen LogP contribution in [-0.4, -0.2) is 87.1 Å². The van der Waals surface area contributed by atoms with Crippen molar-refractivity contribution in [1.82, 2.24) is 19.4 Å². The van der Waals surface area contributed by atoms with Crippen LogP contribution in [0.15, 0.2) is 35.3 Å². The fraction of sp³-hybridized carbons (Fsp3) is 0.696. The van der Waals surface area contributed by atoms with Gasteiger partial charge < -0.3 is 10.2 Å². The molecule has 2 atom stereocenters. The average molecular weight is 450 g/mol. The van der Waals surface area contributed by atoms with Crippen molar-refractivity contribution in [1.29, 1.82) is 0 Å². The largest absolute Gasteiger partial charge is 0.356 e. The van der Waals surface area contributed by atoms with E-state index in [2.05, 4.69) is 50.4 Å². The van der Waals surface area contributed by atoms with Crippen molar-refractivity contribution >= 4 is 16.0 Å². The third kappa shape index (κ3) is 6.43. The third-order valence-corrected chi connectivity index (χ3v) is 8.56. The molecule has 0 saturated carbocycles. The Bertz CT molecular complexity index is 815. The van der Waals surface area contributed by atoms with E-state index in [1.165, 1.54) is 29.3 Å². The Morgan fingerprint density at radius 2 is 2.00 bits per heavy atom. The predicted octanol–water partition coefficient (Wildman–Crippen LogP) is 2.22. The first-order valence-corrected chi connectivity index (χ1v) is 13.2. The molecule has 0 aromatic heterocycles. The molecule has 1 aromatic rings. The number of piperidine rings is 2. The summed E-state index contributed by atoms with van der Waals surface area (Å²) in [5, 5.41) is 3.45. The second-order valence-corrected chi connectivity index (χ2v) is 11.1. The standard InChI is InChI=1S/C23H39N5O2S/c1-4-31(29,30)26(3)15-9-14-25-23(24-2)28-17-13-22-21(19-28)12-8-16-27(22)18-20-10-6-5-7-11-20/h5-7,10-11,21-22H,4,8-9,12-19H2,1-3H3,(H,24,25). The van der Waals surface area contributed by atoms with Crippen LogP contribution in [0.3, 0.4) is 0 Å². The first-order valence-electron chi connectivity index (χ1n) is 11.6. The van der Waals surface area contributed by atoms with Gasteiger partial charge in [0.25, 0.3) is 0 Å². The van der Waals surface area contributed by atoms with Gasteiger partial charge in [0.15, 0.2) is 5.96 Å². The molecule has 0 amide bonds. The van der Waals surface area contributed by atoms with Crippen molar-refractivity contribution in [2.24, 2.45) is 10.9 Å². The van der Waals surface area contributed by atoms with E-state index in [4.69, 9.17) is 0 Å². The van der Waals surface area contributed by atoms with E-state index in [1.807, 2.05) is 7.05 Å². The molecule has 2 aliphatic rings. The molecule has 2 heterocycles. The molecular formula is C23H39N5O2S. The number of benzene rings is 1. The van der Waals surface area contributed by atoms with E-state index in [9.17, 15) is 8.42 Å². The van der Waals surface area contributed by atoms with Gasteiger partial charge in [0.2, 0.25) is 10.0 Å². The first kappa shape index (κ1) is 24.0. The highest BCUT2D eigenvalue weighted by Gasteiger charge is 2.36. The minimum absolute atomic E-state index is 0.149. The quantitative estimate of drug-likeness (QED) is 0.374. The van der Waals surface area contributed by atoms with Crippen molar-refractivity contribution in [2.75, 3.05) is 52.6 Å². The van der Waals surface area contributed by atoms with Crippen molar-refractivity contribution in [3.63, 3.8) is 0 Å². The Balaban J connectivity index is 1.48. The van der Waals surface area contributed by atoms with E-state index in [-0.39, 0.29) is 5.75 Å². The van der Waals surface area contributed by atoms with Crippen LogP contribution >= 0.6 is 0 Å². The smallest absolute Gasteiger partial charge is 0.213 e. The fourth-order valence-corrected chi connectivity index (χ4v) is 5.75. The summed E-state index contributed by atoms with van der Waals surface area (Å²) in [7, 11) is 0.387. The van der Waals surface area contributed by atoms with Crippen LogP contribution in [0.4, 0.5) is 0 Å². The zero-order valence-corrected chi connectivity index (χ0v) is 20.1. The molecule has 2 unspecified atom stereocenters. The van der Waals surface area contributed by atoms with Gasteiger partial charge in [0.1, 0.15) is 0 Å². The number of fused-ring (bicyclic) bond motifs is 1. The summed E-state index contributed by atoms with van der Waals surface area (Å²) in [5.41, 5.74) is 1.40. The fourth-order valence-electron chi connectivity index (χ4n) is 4.91. The molecule has 2 fully saturated rings. The van der Waals surface area contributed by atoms with Crippen LogP contribution in [0.2, 0.25) is 0 Å². The number of rotatable bonds is 8. The van der Waals surface area contributed by atoms with Crippen LogP contribution in [0, 0.1) is 5.92 Å². The number of guanidine groups is 1. The lowest BCUT2D eigenvalue weighted by Gasteiger charge is -2.48. The van der Waals surface area contributed by atoms with Crippen molar-refractivity contribution in [2.45, 2.75) is 45.2 Å². The molecule has 0 aliphatic carbocycles. The van der Waals surface area contributed by atoms with Gasteiger partial charge in [-0.15, -0.1) is 0 Å². The van der Waals surface area contributed by atoms with Crippen molar-refractivity contribution in [3.8, 4) is 0 Å². The average Bonchev–Trinajstić information content (AvgIpc) is 2.79. The number of likely N-dealkylation sites (tertiary alicyclic amines) is 2. The summed E-state index contributed by atoms with van der Waals surface area (Å²) in [4.78, 5) is 9.57. The summed E-state index contributed by atoms with van der Waals surface area (Å²) < 4.78 is 25.2. The second-order valence-electron chi connectivity index (χ2n) is 8.71. The first-order chi connectivity index (χ1) is 14.9. The summed E-state index contributed by atoms with van der Waals surface area (Å²) in [6.45, 7) is 7.22. The Hall–Kier alpha value is -1.64. The number of hydrogen-bond acceptors (Lipinski definition) is 4. The molecule has 8 heteroatoms. The van der Waals surface area contributed by atoms with E-state index in [1.54, 1.807) is 14.0 Å². The van der Waals surface area contributed by atoms with E-state index in [0.29, 0.717) is 18.5 Å². The normalized spacial score (nSPS) is 23.1. The molecule has 1 aromatic carbocycles. The van der Waals surface area contributed by atoms with Crippen molar-refractivity contribution in [3.05, 3.63) is 35.9 Å². The summed E-state index contributed by atoms with van der Waals surface area (Å²) >= 11 is 0. The molecule has 0 bridgehead atoms. The maximum Gasteiger partial charge on any atom is 0.213 e. The predicted molar refractivity (Wildman–Crippen MR) is 128 cm³/mol. The molecule has 0 radical (unpaired) electrons. The Morgan fingerprint density at radius 3 is 2.71 bits per heavy atom. The SMILES string of the molecule is CCS(=O)(=O)N(C)CCCNC(=NC)N1CCC2C(CCCN2Cc2ccccc2)C1. The molecule has 31 heavy (non-hydrogen) atoms. The highest BCUT2D eigenvalue weighted by molar-refractivity contribution is 7.89. The molecular weight excluding hydrogens is 410 g/mol. The topological polar surface area (TPSA) is 68.2 Å². The number of nitrogens with one attached hydrogen (secondary N) is 1. The molecule has 2 saturated heterocycles. The zero-order chi connectivity index (χ0) is 22.3. The lowest BCUT2D eigenvalue weighted by molar-refractivity contribution is 0.0372. The van der Waals surface area contributed by atoms with Gasteiger partial charge in [-0.25, -0.2) is 12.7 Å². The second kappa shape index (κ2) is 11.3. The highest BCUT2D eigenvalue weighted by atomic mass is 32.2. The molecule has 3 rings (SSSR count). The van der Waals surface area contributed by atoms with Gasteiger partial charge in [-0.1, -0.05) is 30.3 Å². The Kier molecular flexibility index (Phi) is 8.75.